The Bertz CT molecular complexity index is 1980. The number of carbonyl (C=O) groups is 2. The Labute approximate surface area is 356 Å². The number of hydrogen-bond acceptors (Lipinski definition) is 10. The van der Waals surface area contributed by atoms with Crippen molar-refractivity contribution in [1.82, 2.24) is 0 Å². The molecule has 4 aromatic carbocycles. The number of carbonyl (C=O) groups excluding carboxylic acids is 2. The molecule has 324 valence electrons. The van der Waals surface area contributed by atoms with Gasteiger partial charge in [0.2, 0.25) is 19.7 Å². The second-order valence-electron chi connectivity index (χ2n) is 15.5. The van der Waals surface area contributed by atoms with Gasteiger partial charge in [-0.05, 0) is 136 Å². The van der Waals surface area contributed by atoms with Gasteiger partial charge < -0.3 is 18.9 Å². The first-order valence-corrected chi connectivity index (χ1v) is 24.6. The average Bonchev–Trinajstić information content (AvgIpc) is 3.26. The van der Waals surface area contributed by atoms with Crippen LogP contribution in [0.25, 0.3) is 0 Å². The van der Waals surface area contributed by atoms with Crippen LogP contribution in [-0.2, 0) is 29.3 Å². The third-order valence-corrected chi connectivity index (χ3v) is 14.5. The summed E-state index contributed by atoms with van der Waals surface area (Å²) in [7, 11) is -7.59. The van der Waals surface area contributed by atoms with Crippen LogP contribution in [0.3, 0.4) is 0 Å². The van der Waals surface area contributed by atoms with E-state index in [0.29, 0.717) is 50.4 Å². The maximum absolute atomic E-state index is 13.3. The molecule has 0 aliphatic heterocycles. The van der Waals surface area contributed by atoms with Crippen molar-refractivity contribution < 1.29 is 45.4 Å². The molecule has 1 aliphatic rings. The Balaban J connectivity index is 1.03. The predicted octanol–water partition coefficient (Wildman–Crippen LogP) is 11.1. The fraction of sp³-hybridized carbons (Fsp3) is 0.458. The lowest BCUT2D eigenvalue weighted by Gasteiger charge is -2.25. The molecule has 12 heteroatoms. The zero-order valence-corrected chi connectivity index (χ0v) is 36.7. The summed E-state index contributed by atoms with van der Waals surface area (Å²) in [6.45, 7) is 5.56. The Kier molecular flexibility index (Phi) is 18.1. The molecule has 0 bridgehead atoms. The summed E-state index contributed by atoms with van der Waals surface area (Å²) in [5, 5.41) is 0. The molecule has 1 aliphatic carbocycles. The molecule has 5 rings (SSSR count). The first-order valence-electron chi connectivity index (χ1n) is 21.6. The number of ether oxygens (including phenoxy) is 4. The second kappa shape index (κ2) is 23.4. The van der Waals surface area contributed by atoms with Gasteiger partial charge in [0, 0.05) is 0 Å². The van der Waals surface area contributed by atoms with Crippen molar-refractivity contribution >= 4 is 31.6 Å². The monoisotopic (exact) mass is 860 g/mol. The highest BCUT2D eigenvalue weighted by Crippen LogP contribution is 2.33. The van der Waals surface area contributed by atoms with E-state index in [1.54, 1.807) is 24.3 Å². The Morgan fingerprint density at radius 1 is 0.417 bits per heavy atom. The zero-order chi connectivity index (χ0) is 42.8. The molecule has 0 unspecified atom stereocenters. The summed E-state index contributed by atoms with van der Waals surface area (Å²) in [6, 6.07) is 24.3. The van der Waals surface area contributed by atoms with E-state index in [1.807, 2.05) is 0 Å². The van der Waals surface area contributed by atoms with E-state index in [1.165, 1.54) is 124 Å². The summed E-state index contributed by atoms with van der Waals surface area (Å²) >= 11 is 0. The third-order valence-electron chi connectivity index (χ3n) is 10.9. The minimum atomic E-state index is -3.79. The molecule has 0 amide bonds. The lowest BCUT2D eigenvalue weighted by Crippen LogP contribution is -2.30. The normalized spacial score (nSPS) is 15.6. The van der Waals surface area contributed by atoms with Crippen molar-refractivity contribution in [1.29, 1.82) is 0 Å². The molecule has 0 N–H and O–H groups in total. The van der Waals surface area contributed by atoms with Gasteiger partial charge in [0.05, 0.1) is 44.6 Å². The van der Waals surface area contributed by atoms with Gasteiger partial charge in [0.25, 0.3) is 0 Å². The molecular formula is C48H60O10S2. The van der Waals surface area contributed by atoms with Crippen molar-refractivity contribution in [2.24, 2.45) is 11.8 Å². The van der Waals surface area contributed by atoms with E-state index in [2.05, 4.69) is 13.8 Å². The fourth-order valence-electron chi connectivity index (χ4n) is 7.18. The highest BCUT2D eigenvalue weighted by molar-refractivity contribution is 7.91. The van der Waals surface area contributed by atoms with Gasteiger partial charge in [-0.25, -0.2) is 16.8 Å². The van der Waals surface area contributed by atoms with Crippen LogP contribution < -0.4 is 18.9 Å². The van der Waals surface area contributed by atoms with Crippen LogP contribution >= 0.6 is 0 Å². The van der Waals surface area contributed by atoms with Gasteiger partial charge in [-0.1, -0.05) is 78.1 Å². The van der Waals surface area contributed by atoms with Gasteiger partial charge in [-0.2, -0.15) is 0 Å². The van der Waals surface area contributed by atoms with Crippen molar-refractivity contribution in [2.45, 2.75) is 136 Å². The lowest BCUT2D eigenvalue weighted by molar-refractivity contribution is -0.145. The van der Waals surface area contributed by atoms with E-state index in [0.717, 1.165) is 25.7 Å². The summed E-state index contributed by atoms with van der Waals surface area (Å²) in [5.41, 5.74) is 0. The topological polar surface area (TPSA) is 139 Å². The number of hydrogen-bond donors (Lipinski definition) is 0. The van der Waals surface area contributed by atoms with Gasteiger partial charge in [0.15, 0.2) is 0 Å². The molecule has 4 aromatic rings. The van der Waals surface area contributed by atoms with Crippen LogP contribution in [0.5, 0.6) is 23.0 Å². The van der Waals surface area contributed by atoms with E-state index < -0.39 is 43.4 Å². The molecule has 0 heterocycles. The van der Waals surface area contributed by atoms with Crippen LogP contribution in [0.4, 0.5) is 0 Å². The third kappa shape index (κ3) is 13.7. The molecule has 0 saturated heterocycles. The first kappa shape index (κ1) is 46.4. The smallest absolute Gasteiger partial charge is 0.314 e. The quantitative estimate of drug-likeness (QED) is 0.0380. The SMILES string of the molecule is CCCCCCCCOc1ccc(S(=O)(=O)c2ccc(OC(=O)[C@H]3CC[C@H](C(=O)Oc4ccc(S(=O)(=O)c5ccc(OCCCCCCCC)cc5)cc4)CC3)cc2)cc1. The number of sulfone groups is 2. The van der Waals surface area contributed by atoms with Crippen LogP contribution in [-0.4, -0.2) is 42.0 Å². The first-order chi connectivity index (χ1) is 29.0. The summed E-state index contributed by atoms with van der Waals surface area (Å²) in [5.74, 6) is -0.0305. The number of unbranched alkanes of at least 4 members (excludes halogenated alkanes) is 10. The van der Waals surface area contributed by atoms with Gasteiger partial charge in [-0.15, -0.1) is 0 Å². The maximum Gasteiger partial charge on any atom is 0.314 e. The van der Waals surface area contributed by atoms with Gasteiger partial charge in [0.1, 0.15) is 23.0 Å². The van der Waals surface area contributed by atoms with Crippen molar-refractivity contribution in [3.8, 4) is 23.0 Å². The van der Waals surface area contributed by atoms with E-state index >= 15 is 0 Å². The van der Waals surface area contributed by atoms with E-state index in [-0.39, 0.29) is 31.1 Å². The number of rotatable bonds is 24. The molecular weight excluding hydrogens is 801 g/mol. The number of esters is 2. The Morgan fingerprint density at radius 3 is 0.983 bits per heavy atom. The second-order valence-corrected chi connectivity index (χ2v) is 19.4. The summed E-state index contributed by atoms with van der Waals surface area (Å²) in [6.07, 6.45) is 15.6. The summed E-state index contributed by atoms with van der Waals surface area (Å²) < 4.78 is 75.9. The maximum atomic E-state index is 13.3. The minimum Gasteiger partial charge on any atom is -0.494 e. The van der Waals surface area contributed by atoms with Gasteiger partial charge >= 0.3 is 11.9 Å². The van der Waals surface area contributed by atoms with Crippen molar-refractivity contribution in [2.75, 3.05) is 13.2 Å². The van der Waals surface area contributed by atoms with Crippen LogP contribution in [0.1, 0.15) is 117 Å². The van der Waals surface area contributed by atoms with Crippen LogP contribution in [0, 0.1) is 11.8 Å². The van der Waals surface area contributed by atoms with Crippen molar-refractivity contribution in [3.05, 3.63) is 97.1 Å². The summed E-state index contributed by atoms with van der Waals surface area (Å²) in [4.78, 5) is 26.5. The molecule has 1 saturated carbocycles. The van der Waals surface area contributed by atoms with Crippen molar-refractivity contribution in [3.63, 3.8) is 0 Å². The van der Waals surface area contributed by atoms with E-state index in [9.17, 15) is 26.4 Å². The molecule has 60 heavy (non-hydrogen) atoms. The molecule has 10 nitrogen and oxygen atoms in total. The minimum absolute atomic E-state index is 0.0766. The van der Waals surface area contributed by atoms with Crippen LogP contribution in [0.15, 0.2) is 117 Å². The number of benzene rings is 4. The lowest BCUT2D eigenvalue weighted by atomic mass is 9.82. The molecule has 1 fully saturated rings. The zero-order valence-electron chi connectivity index (χ0n) is 35.0. The van der Waals surface area contributed by atoms with Gasteiger partial charge in [-0.3, -0.25) is 9.59 Å². The molecule has 0 atom stereocenters. The largest absolute Gasteiger partial charge is 0.494 e. The van der Waals surface area contributed by atoms with Crippen LogP contribution in [0.2, 0.25) is 0 Å². The Morgan fingerprint density at radius 2 is 0.683 bits per heavy atom. The predicted molar refractivity (Wildman–Crippen MR) is 231 cm³/mol. The highest BCUT2D eigenvalue weighted by Gasteiger charge is 2.32. The average molecular weight is 861 g/mol. The highest BCUT2D eigenvalue weighted by atomic mass is 32.2. The molecule has 0 radical (unpaired) electrons. The molecule has 0 aromatic heterocycles. The standard InChI is InChI=1S/C48H60O10S2/c1-3-5-7-9-11-13-35-55-39-19-27-43(28-20-39)59(51,52)45-31-23-41(24-32-45)57-47(49)37-15-17-38(18-16-37)48(50)58-42-25-33-46(34-26-42)60(53,54)44-29-21-40(22-30-44)56-36-14-12-10-8-6-4-2/h19-34,37-38H,3-18,35-36H2,1-2H3/t37-,38-. The fourth-order valence-corrected chi connectivity index (χ4v) is 9.71. The van der Waals surface area contributed by atoms with E-state index in [4.69, 9.17) is 18.9 Å². The molecule has 0 spiro atoms. The Hall–Kier alpha value is -4.68.